The summed E-state index contributed by atoms with van der Waals surface area (Å²) in [5.74, 6) is -1.25. The molecule has 0 saturated heterocycles. The van der Waals surface area contributed by atoms with Crippen LogP contribution in [0.1, 0.15) is 30.5 Å². The molecule has 0 fully saturated rings. The second-order valence-electron chi connectivity index (χ2n) is 9.41. The first-order chi connectivity index (χ1) is 20.3. The molecule has 1 amide bonds. The van der Waals surface area contributed by atoms with Crippen molar-refractivity contribution in [2.45, 2.75) is 39.2 Å². The first kappa shape index (κ1) is 32.2. The van der Waals surface area contributed by atoms with Gasteiger partial charge in [-0.25, -0.2) is 9.78 Å². The molecule has 0 aliphatic rings. The molecule has 0 unspecified atom stereocenters. The molecule has 0 aliphatic carbocycles. The first-order valence-corrected chi connectivity index (χ1v) is 12.7. The Labute approximate surface area is 244 Å². The normalized spacial score (nSPS) is 11.9. The van der Waals surface area contributed by atoms with Gasteiger partial charge < -0.3 is 31.7 Å². The Morgan fingerprint density at radius 2 is 1.86 bits per heavy atom. The third-order valence-electron chi connectivity index (χ3n) is 5.72. The maximum Gasteiger partial charge on any atom is 0.416 e. The maximum atomic E-state index is 13.4. The van der Waals surface area contributed by atoms with Crippen LogP contribution in [-0.4, -0.2) is 40.4 Å². The van der Waals surface area contributed by atoms with Crippen LogP contribution in [0.2, 0.25) is 0 Å². The molecule has 43 heavy (non-hydrogen) atoms. The van der Waals surface area contributed by atoms with E-state index in [1.807, 2.05) is 0 Å². The average molecular weight is 602 g/mol. The van der Waals surface area contributed by atoms with E-state index in [0.29, 0.717) is 11.1 Å². The minimum absolute atomic E-state index is 0.0185. The van der Waals surface area contributed by atoms with E-state index in [0.717, 1.165) is 29.0 Å². The lowest BCUT2D eigenvalue weighted by Crippen LogP contribution is -2.35. The van der Waals surface area contributed by atoms with Gasteiger partial charge in [0.05, 0.1) is 30.6 Å². The number of benzene rings is 2. The minimum atomic E-state index is -4.68. The number of hydrogen-bond acceptors (Lipinski definition) is 9. The zero-order chi connectivity index (χ0) is 31.7. The Hall–Kier alpha value is -5.34. The van der Waals surface area contributed by atoms with Crippen molar-refractivity contribution in [2.75, 3.05) is 18.2 Å². The molecule has 0 atom stereocenters. The van der Waals surface area contributed by atoms with Gasteiger partial charge in [-0.05, 0) is 37.6 Å². The molecule has 6 N–H and O–H groups in total. The van der Waals surface area contributed by atoms with Crippen LogP contribution in [0.4, 0.5) is 24.7 Å². The Balaban J connectivity index is 1.79. The van der Waals surface area contributed by atoms with E-state index in [-0.39, 0.29) is 41.2 Å². The van der Waals surface area contributed by atoms with E-state index < -0.39 is 35.7 Å². The standard InChI is InChI=1S/C28H30F3N7O5/c1-16(2)36-26-27(41)38(22(14-35-26)19-10-20(28(29,30)31)12-21(32)11-19)15-23(39)34-13-17-4-6-18(7-5-17)25(33)37-43-9-8-24(40)42-3/h4-12,14,16H,13,15,32H2,1-3H3,(H2,33,37)(H,34,39)(H,35,36). The highest BCUT2D eigenvalue weighted by Gasteiger charge is 2.31. The average Bonchev–Trinajstić information content (AvgIpc) is 2.95. The van der Waals surface area contributed by atoms with Crippen molar-refractivity contribution in [1.29, 1.82) is 0 Å². The number of hydrogen-bond donors (Lipinski definition) is 4. The molecule has 0 saturated carbocycles. The van der Waals surface area contributed by atoms with E-state index in [4.69, 9.17) is 16.3 Å². The number of amides is 1. The molecule has 0 radical (unpaired) electrons. The number of anilines is 2. The molecule has 228 valence electrons. The predicted molar refractivity (Wildman–Crippen MR) is 153 cm³/mol. The third-order valence-corrected chi connectivity index (χ3v) is 5.72. The second kappa shape index (κ2) is 14.0. The predicted octanol–water partition coefficient (Wildman–Crippen LogP) is 2.97. The number of oxime groups is 1. The first-order valence-electron chi connectivity index (χ1n) is 12.7. The van der Waals surface area contributed by atoms with E-state index in [2.05, 4.69) is 25.5 Å². The number of ether oxygens (including phenoxy) is 1. The number of nitrogens with two attached hydrogens (primary N) is 2. The molecule has 0 aliphatic heterocycles. The number of aromatic nitrogens is 2. The van der Waals surface area contributed by atoms with Gasteiger partial charge in [-0.2, -0.15) is 13.2 Å². The topological polar surface area (TPSA) is 176 Å². The Morgan fingerprint density at radius 1 is 1.16 bits per heavy atom. The summed E-state index contributed by atoms with van der Waals surface area (Å²) >= 11 is 0. The number of nitrogens with one attached hydrogen (secondary N) is 2. The van der Waals surface area contributed by atoms with Crippen molar-refractivity contribution in [2.24, 2.45) is 10.9 Å². The highest BCUT2D eigenvalue weighted by molar-refractivity contribution is 5.97. The lowest BCUT2D eigenvalue weighted by Gasteiger charge is -2.17. The quantitative estimate of drug-likeness (QED) is 0.0490. The van der Waals surface area contributed by atoms with Gasteiger partial charge in [0.15, 0.2) is 11.7 Å². The summed E-state index contributed by atoms with van der Waals surface area (Å²) in [5, 5.41) is 9.22. The van der Waals surface area contributed by atoms with E-state index in [9.17, 15) is 27.6 Å². The summed E-state index contributed by atoms with van der Waals surface area (Å²) in [6.45, 7) is 3.12. The number of nitrogens with zero attached hydrogens (tertiary/aromatic N) is 3. The number of alkyl halides is 3. The summed E-state index contributed by atoms with van der Waals surface area (Å²) < 4.78 is 45.8. The van der Waals surface area contributed by atoms with Gasteiger partial charge >= 0.3 is 12.1 Å². The Morgan fingerprint density at radius 3 is 2.49 bits per heavy atom. The van der Waals surface area contributed by atoms with Crippen molar-refractivity contribution in [3.8, 4) is 11.3 Å². The van der Waals surface area contributed by atoms with E-state index in [1.165, 1.54) is 19.4 Å². The van der Waals surface area contributed by atoms with Gasteiger partial charge in [0.1, 0.15) is 12.8 Å². The summed E-state index contributed by atoms with van der Waals surface area (Å²) in [5.41, 5.74) is 10.8. The lowest BCUT2D eigenvalue weighted by atomic mass is 10.1. The SMILES string of the molecule is COC(=O)C=CON=C(N)c1ccc(CNC(=O)Cn2c(-c3cc(N)cc(C(F)(F)F)c3)cnc(NC(C)C)c2=O)cc1. The Bertz CT molecular complexity index is 1580. The van der Waals surface area contributed by atoms with Crippen molar-refractivity contribution in [1.82, 2.24) is 14.9 Å². The fourth-order valence-electron chi connectivity index (χ4n) is 3.70. The molecule has 2 aromatic carbocycles. The monoisotopic (exact) mass is 601 g/mol. The summed E-state index contributed by atoms with van der Waals surface area (Å²) in [6.07, 6.45) is -1.44. The third kappa shape index (κ3) is 9.08. The van der Waals surface area contributed by atoms with Crippen LogP contribution in [0, 0.1) is 0 Å². The lowest BCUT2D eigenvalue weighted by molar-refractivity contribution is -0.137. The van der Waals surface area contributed by atoms with Crippen molar-refractivity contribution in [3.05, 3.63) is 88.0 Å². The zero-order valence-corrected chi connectivity index (χ0v) is 23.4. The van der Waals surface area contributed by atoms with Crippen LogP contribution in [0.15, 0.2) is 70.9 Å². The second-order valence-corrected chi connectivity index (χ2v) is 9.41. The van der Waals surface area contributed by atoms with Gasteiger partial charge in [0.2, 0.25) is 5.91 Å². The number of esters is 1. The molecule has 1 aromatic heterocycles. The van der Waals surface area contributed by atoms with Crippen molar-refractivity contribution >= 4 is 29.2 Å². The molecular weight excluding hydrogens is 571 g/mol. The van der Waals surface area contributed by atoms with Gasteiger partial charge in [-0.3, -0.25) is 14.2 Å². The van der Waals surface area contributed by atoms with Gasteiger partial charge in [0, 0.05) is 29.4 Å². The van der Waals surface area contributed by atoms with Crippen LogP contribution in [0.5, 0.6) is 0 Å². The summed E-state index contributed by atoms with van der Waals surface area (Å²) in [7, 11) is 1.21. The zero-order valence-electron chi connectivity index (χ0n) is 23.4. The number of rotatable bonds is 11. The molecule has 3 aromatic rings. The van der Waals surface area contributed by atoms with Crippen LogP contribution in [0.3, 0.4) is 0 Å². The number of halogens is 3. The Kier molecular flexibility index (Phi) is 10.5. The number of amidine groups is 1. The highest BCUT2D eigenvalue weighted by Crippen LogP contribution is 2.34. The molecule has 0 bridgehead atoms. The molecule has 12 nitrogen and oxygen atoms in total. The summed E-state index contributed by atoms with van der Waals surface area (Å²) in [4.78, 5) is 46.1. The number of nitrogen functional groups attached to an aromatic ring is 1. The molecule has 1 heterocycles. The van der Waals surface area contributed by atoms with E-state index in [1.54, 1.807) is 38.1 Å². The van der Waals surface area contributed by atoms with Gasteiger partial charge in [-0.15, -0.1) is 0 Å². The number of methoxy groups -OCH3 is 1. The van der Waals surface area contributed by atoms with Crippen LogP contribution in [-0.2, 0) is 38.4 Å². The van der Waals surface area contributed by atoms with Gasteiger partial charge in [0.25, 0.3) is 5.56 Å². The number of carbonyl (C=O) groups excluding carboxylic acids is 2. The maximum absolute atomic E-state index is 13.4. The molecule has 15 heteroatoms. The van der Waals surface area contributed by atoms with E-state index >= 15 is 0 Å². The van der Waals surface area contributed by atoms with Crippen LogP contribution >= 0.6 is 0 Å². The van der Waals surface area contributed by atoms with Crippen LogP contribution < -0.4 is 27.7 Å². The smallest absolute Gasteiger partial charge is 0.416 e. The largest absolute Gasteiger partial charge is 0.466 e. The molecule has 0 spiro atoms. The summed E-state index contributed by atoms with van der Waals surface area (Å²) in [6, 6.07) is 9.30. The minimum Gasteiger partial charge on any atom is -0.466 e. The number of carbonyl (C=O) groups is 2. The fourth-order valence-corrected chi connectivity index (χ4v) is 3.70. The van der Waals surface area contributed by atoms with Crippen molar-refractivity contribution in [3.63, 3.8) is 0 Å². The highest BCUT2D eigenvalue weighted by atomic mass is 19.4. The molecular formula is C28H30F3N7O5. The van der Waals surface area contributed by atoms with Crippen molar-refractivity contribution < 1.29 is 32.3 Å². The van der Waals surface area contributed by atoms with Gasteiger partial charge in [-0.1, -0.05) is 29.4 Å². The molecule has 3 rings (SSSR count). The van der Waals surface area contributed by atoms with Crippen LogP contribution in [0.25, 0.3) is 11.3 Å². The fraction of sp³-hybridized carbons (Fsp3) is 0.250.